The number of amides is 1. The number of halogens is 3. The summed E-state index contributed by atoms with van der Waals surface area (Å²) in [4.78, 5) is 19.8. The molecular formula is C20H14F3N3O. The lowest BCUT2D eigenvalue weighted by molar-refractivity contribution is -0.137. The van der Waals surface area contributed by atoms with Crippen LogP contribution < -0.4 is 5.32 Å². The fourth-order valence-corrected chi connectivity index (χ4v) is 3.08. The Morgan fingerprint density at radius 2 is 1.74 bits per heavy atom. The van der Waals surface area contributed by atoms with Gasteiger partial charge in [0.2, 0.25) is 0 Å². The average molecular weight is 369 g/mol. The van der Waals surface area contributed by atoms with E-state index in [9.17, 15) is 18.0 Å². The number of para-hydroxylation sites is 1. The van der Waals surface area contributed by atoms with Gasteiger partial charge in [0.25, 0.3) is 5.91 Å². The van der Waals surface area contributed by atoms with Crippen LogP contribution in [0.3, 0.4) is 0 Å². The highest BCUT2D eigenvalue weighted by Crippen LogP contribution is 2.31. The molecule has 2 heterocycles. The normalized spacial score (nSPS) is 11.8. The Bertz CT molecular complexity index is 1150. The van der Waals surface area contributed by atoms with Crippen molar-refractivity contribution >= 4 is 27.7 Å². The average Bonchev–Trinajstić information content (AvgIpc) is 3.03. The number of pyridine rings is 1. The van der Waals surface area contributed by atoms with Gasteiger partial charge >= 0.3 is 6.18 Å². The molecule has 1 amide bonds. The standard InChI is InChI=1S/C20H14F3N3O/c21-20(22,23)16-7-3-1-6-14(16)19(27)25-10-12-9-15-13-5-2-4-8-17(13)26-18(15)11-24-12/h1-9,11,26H,10H2,(H,25,27). The maximum atomic E-state index is 13.1. The number of H-pyrrole nitrogens is 1. The summed E-state index contributed by atoms with van der Waals surface area (Å²) >= 11 is 0. The zero-order valence-corrected chi connectivity index (χ0v) is 14.0. The summed E-state index contributed by atoms with van der Waals surface area (Å²) in [6, 6.07) is 14.3. The highest BCUT2D eigenvalue weighted by Gasteiger charge is 2.34. The Balaban J connectivity index is 1.59. The molecule has 2 aromatic heterocycles. The van der Waals surface area contributed by atoms with Crippen LogP contribution in [0.5, 0.6) is 0 Å². The van der Waals surface area contributed by atoms with Crippen LogP contribution in [0.2, 0.25) is 0 Å². The quantitative estimate of drug-likeness (QED) is 0.552. The molecular weight excluding hydrogens is 355 g/mol. The molecule has 0 aliphatic heterocycles. The molecule has 0 radical (unpaired) electrons. The van der Waals surface area contributed by atoms with Crippen molar-refractivity contribution in [3.8, 4) is 0 Å². The monoisotopic (exact) mass is 369 g/mol. The molecule has 0 saturated carbocycles. The van der Waals surface area contributed by atoms with Gasteiger partial charge in [0.1, 0.15) is 0 Å². The maximum absolute atomic E-state index is 13.1. The molecule has 0 aliphatic rings. The van der Waals surface area contributed by atoms with Gasteiger partial charge < -0.3 is 10.3 Å². The number of rotatable bonds is 3. The summed E-state index contributed by atoms with van der Waals surface area (Å²) in [5.74, 6) is -0.788. The summed E-state index contributed by atoms with van der Waals surface area (Å²) in [6.45, 7) is 0.0282. The molecule has 0 unspecified atom stereocenters. The largest absolute Gasteiger partial charge is 0.417 e. The molecule has 0 spiro atoms. The molecule has 0 atom stereocenters. The van der Waals surface area contributed by atoms with Gasteiger partial charge in [-0.3, -0.25) is 9.78 Å². The minimum absolute atomic E-state index is 0.0282. The summed E-state index contributed by atoms with van der Waals surface area (Å²) in [6.07, 6.45) is -2.93. The number of benzene rings is 2. The molecule has 4 nitrogen and oxygen atoms in total. The number of nitrogens with one attached hydrogen (secondary N) is 2. The Morgan fingerprint density at radius 1 is 1.00 bits per heavy atom. The number of alkyl halides is 3. The second-order valence-corrected chi connectivity index (χ2v) is 6.12. The summed E-state index contributed by atoms with van der Waals surface area (Å²) in [5, 5.41) is 4.48. The van der Waals surface area contributed by atoms with Gasteiger partial charge in [-0.05, 0) is 24.3 Å². The van der Waals surface area contributed by atoms with E-state index >= 15 is 0 Å². The van der Waals surface area contributed by atoms with Crippen molar-refractivity contribution in [3.05, 3.63) is 77.6 Å². The van der Waals surface area contributed by atoms with Crippen LogP contribution in [-0.2, 0) is 12.7 Å². The smallest absolute Gasteiger partial charge is 0.353 e. The molecule has 4 rings (SSSR count). The summed E-state index contributed by atoms with van der Waals surface area (Å²) in [5.41, 5.74) is 1.02. The van der Waals surface area contributed by atoms with E-state index in [1.807, 2.05) is 30.3 Å². The molecule has 0 saturated heterocycles. The molecule has 4 aromatic rings. The van der Waals surface area contributed by atoms with E-state index in [0.717, 1.165) is 33.9 Å². The first-order valence-corrected chi connectivity index (χ1v) is 8.23. The van der Waals surface area contributed by atoms with E-state index in [0.29, 0.717) is 5.69 Å². The molecule has 7 heteroatoms. The molecule has 2 N–H and O–H groups in total. The highest BCUT2D eigenvalue weighted by atomic mass is 19.4. The second kappa shape index (κ2) is 6.42. The van der Waals surface area contributed by atoms with E-state index in [4.69, 9.17) is 0 Å². The topological polar surface area (TPSA) is 57.8 Å². The first kappa shape index (κ1) is 17.1. The lowest BCUT2D eigenvalue weighted by Crippen LogP contribution is -2.26. The Hall–Kier alpha value is -3.35. The zero-order valence-electron chi connectivity index (χ0n) is 14.0. The third-order valence-electron chi connectivity index (χ3n) is 4.35. The van der Waals surface area contributed by atoms with Crippen molar-refractivity contribution < 1.29 is 18.0 Å². The van der Waals surface area contributed by atoms with Crippen LogP contribution in [0.25, 0.3) is 21.8 Å². The fraction of sp³-hybridized carbons (Fsp3) is 0.100. The molecule has 0 aliphatic carbocycles. The van der Waals surface area contributed by atoms with Gasteiger partial charge in [0, 0.05) is 16.3 Å². The van der Waals surface area contributed by atoms with Crippen molar-refractivity contribution in [2.75, 3.05) is 0 Å². The second-order valence-electron chi connectivity index (χ2n) is 6.12. The van der Waals surface area contributed by atoms with Gasteiger partial charge in [-0.25, -0.2) is 0 Å². The lowest BCUT2D eigenvalue weighted by atomic mass is 10.1. The minimum Gasteiger partial charge on any atom is -0.353 e. The van der Waals surface area contributed by atoms with Crippen LogP contribution in [0, 0.1) is 0 Å². The van der Waals surface area contributed by atoms with Gasteiger partial charge in [0.15, 0.2) is 0 Å². The molecule has 0 fully saturated rings. The van der Waals surface area contributed by atoms with Crippen molar-refractivity contribution in [2.45, 2.75) is 12.7 Å². The predicted octanol–water partition coefficient (Wildman–Crippen LogP) is 4.66. The van der Waals surface area contributed by atoms with Gasteiger partial charge in [-0.1, -0.05) is 30.3 Å². The van der Waals surface area contributed by atoms with Gasteiger partial charge in [-0.15, -0.1) is 0 Å². The molecule has 27 heavy (non-hydrogen) atoms. The predicted molar refractivity (Wildman–Crippen MR) is 96.2 cm³/mol. The van der Waals surface area contributed by atoms with Crippen molar-refractivity contribution in [1.29, 1.82) is 0 Å². The maximum Gasteiger partial charge on any atom is 0.417 e. The Morgan fingerprint density at radius 3 is 2.56 bits per heavy atom. The van der Waals surface area contributed by atoms with Gasteiger partial charge in [-0.2, -0.15) is 13.2 Å². The van der Waals surface area contributed by atoms with E-state index in [1.54, 1.807) is 6.20 Å². The van der Waals surface area contributed by atoms with Crippen LogP contribution in [0.4, 0.5) is 13.2 Å². The van der Waals surface area contributed by atoms with E-state index < -0.39 is 23.2 Å². The Labute approximate surface area is 152 Å². The molecule has 136 valence electrons. The lowest BCUT2D eigenvalue weighted by Gasteiger charge is -2.12. The highest BCUT2D eigenvalue weighted by molar-refractivity contribution is 6.07. The third kappa shape index (κ3) is 3.23. The van der Waals surface area contributed by atoms with Crippen LogP contribution in [0.1, 0.15) is 21.6 Å². The van der Waals surface area contributed by atoms with E-state index in [1.165, 1.54) is 12.1 Å². The number of carbonyl (C=O) groups excluding carboxylic acids is 1. The van der Waals surface area contributed by atoms with Crippen LogP contribution in [0.15, 0.2) is 60.8 Å². The van der Waals surface area contributed by atoms with Crippen LogP contribution >= 0.6 is 0 Å². The van der Waals surface area contributed by atoms with E-state index in [-0.39, 0.29) is 6.54 Å². The van der Waals surface area contributed by atoms with Gasteiger partial charge in [0.05, 0.1) is 35.1 Å². The molecule has 2 aromatic carbocycles. The Kier molecular flexibility index (Phi) is 4.07. The number of hydrogen-bond acceptors (Lipinski definition) is 2. The zero-order chi connectivity index (χ0) is 19.0. The number of aromatic amines is 1. The third-order valence-corrected chi connectivity index (χ3v) is 4.35. The van der Waals surface area contributed by atoms with E-state index in [2.05, 4.69) is 15.3 Å². The SMILES string of the molecule is O=C(NCc1cc2c(cn1)[nH]c1ccccc12)c1ccccc1C(F)(F)F. The summed E-state index contributed by atoms with van der Waals surface area (Å²) in [7, 11) is 0. The van der Waals surface area contributed by atoms with Crippen molar-refractivity contribution in [1.82, 2.24) is 15.3 Å². The fourth-order valence-electron chi connectivity index (χ4n) is 3.08. The number of fused-ring (bicyclic) bond motifs is 3. The van der Waals surface area contributed by atoms with Crippen molar-refractivity contribution in [2.24, 2.45) is 0 Å². The number of hydrogen-bond donors (Lipinski definition) is 2. The minimum atomic E-state index is -4.59. The molecule has 0 bridgehead atoms. The van der Waals surface area contributed by atoms with Crippen LogP contribution in [-0.4, -0.2) is 15.9 Å². The summed E-state index contributed by atoms with van der Waals surface area (Å²) < 4.78 is 39.2. The van der Waals surface area contributed by atoms with Crippen molar-refractivity contribution in [3.63, 3.8) is 0 Å². The number of nitrogens with zero attached hydrogens (tertiary/aromatic N) is 1. The number of aromatic nitrogens is 2. The first-order chi connectivity index (χ1) is 12.9. The first-order valence-electron chi connectivity index (χ1n) is 8.23. The number of carbonyl (C=O) groups is 1.